The standard InChI is InChI=1S/C33H70N2O2/c1-4-7-9-11-13-15-17-18-19-20-22-24-26-31-36-33(6-3)35(30-28-29-34)37-32-27-25-23-21-16-14-12-10-8-5-2/h33H,4-32,34H2,1-3H3. The SMILES string of the molecule is CCCCCCCCCCCCCCCOC(CC)N(CCCN)OCCCCCCCCCCCC. The summed E-state index contributed by atoms with van der Waals surface area (Å²) < 4.78 is 6.26. The Bertz CT molecular complexity index is 408. The van der Waals surface area contributed by atoms with Gasteiger partial charge in [-0.2, -0.15) is 5.06 Å². The Morgan fingerprint density at radius 2 is 0.865 bits per heavy atom. The van der Waals surface area contributed by atoms with Crippen molar-refractivity contribution in [1.29, 1.82) is 0 Å². The average molecular weight is 527 g/mol. The molecule has 0 spiro atoms. The number of nitrogens with zero attached hydrogens (tertiary/aromatic N) is 1. The summed E-state index contributed by atoms with van der Waals surface area (Å²) in [6, 6.07) is 0. The van der Waals surface area contributed by atoms with Gasteiger partial charge in [-0.05, 0) is 32.2 Å². The van der Waals surface area contributed by atoms with Gasteiger partial charge >= 0.3 is 0 Å². The van der Waals surface area contributed by atoms with Gasteiger partial charge in [0, 0.05) is 13.2 Å². The minimum atomic E-state index is 0.0620. The number of hydrogen-bond acceptors (Lipinski definition) is 4. The van der Waals surface area contributed by atoms with Crippen molar-refractivity contribution in [1.82, 2.24) is 5.06 Å². The molecule has 0 saturated carbocycles. The summed E-state index contributed by atoms with van der Waals surface area (Å²) in [5, 5.41) is 2.09. The zero-order valence-electron chi connectivity index (χ0n) is 25.9. The van der Waals surface area contributed by atoms with Gasteiger partial charge in [0.15, 0.2) is 0 Å². The Balaban J connectivity index is 3.77. The predicted octanol–water partition coefficient (Wildman–Crippen LogP) is 10.3. The largest absolute Gasteiger partial charge is 0.361 e. The summed E-state index contributed by atoms with van der Waals surface area (Å²) in [6.07, 6.45) is 33.5. The topological polar surface area (TPSA) is 47.7 Å². The molecular formula is C33H70N2O2. The monoisotopic (exact) mass is 527 g/mol. The van der Waals surface area contributed by atoms with E-state index in [0.29, 0.717) is 6.54 Å². The van der Waals surface area contributed by atoms with Gasteiger partial charge in [0.25, 0.3) is 0 Å². The Labute approximate surface area is 234 Å². The number of nitrogens with two attached hydrogens (primary N) is 1. The van der Waals surface area contributed by atoms with Gasteiger partial charge in [0.1, 0.15) is 6.23 Å². The van der Waals surface area contributed by atoms with Gasteiger partial charge in [0.2, 0.25) is 0 Å². The first-order chi connectivity index (χ1) is 18.3. The summed E-state index contributed by atoms with van der Waals surface area (Å²) in [6.45, 7) is 10.00. The van der Waals surface area contributed by atoms with Crippen molar-refractivity contribution < 1.29 is 9.57 Å². The van der Waals surface area contributed by atoms with E-state index in [-0.39, 0.29) is 6.23 Å². The number of hydroxylamine groups is 2. The van der Waals surface area contributed by atoms with Gasteiger partial charge in [-0.15, -0.1) is 0 Å². The van der Waals surface area contributed by atoms with Crippen molar-refractivity contribution in [2.45, 2.75) is 188 Å². The second kappa shape index (κ2) is 32.1. The summed E-state index contributed by atoms with van der Waals surface area (Å²) in [5.41, 5.74) is 5.79. The van der Waals surface area contributed by atoms with Crippen LogP contribution >= 0.6 is 0 Å². The molecule has 1 unspecified atom stereocenters. The third-order valence-corrected chi connectivity index (χ3v) is 7.57. The first-order valence-corrected chi connectivity index (χ1v) is 17.0. The van der Waals surface area contributed by atoms with Crippen LogP contribution in [0.25, 0.3) is 0 Å². The molecule has 0 aromatic carbocycles. The van der Waals surface area contributed by atoms with E-state index in [0.717, 1.165) is 45.4 Å². The summed E-state index contributed by atoms with van der Waals surface area (Å²) in [7, 11) is 0. The van der Waals surface area contributed by atoms with Crippen LogP contribution in [0.15, 0.2) is 0 Å². The highest BCUT2D eigenvalue weighted by Gasteiger charge is 2.17. The van der Waals surface area contributed by atoms with E-state index < -0.39 is 0 Å². The quantitative estimate of drug-likeness (QED) is 0.0538. The Morgan fingerprint density at radius 1 is 0.486 bits per heavy atom. The lowest BCUT2D eigenvalue weighted by molar-refractivity contribution is -0.254. The summed E-state index contributed by atoms with van der Waals surface area (Å²) >= 11 is 0. The number of rotatable bonds is 32. The smallest absolute Gasteiger partial charge is 0.132 e. The highest BCUT2D eigenvalue weighted by Crippen LogP contribution is 2.15. The van der Waals surface area contributed by atoms with Gasteiger partial charge in [0.05, 0.1) is 6.61 Å². The van der Waals surface area contributed by atoms with E-state index in [1.807, 2.05) is 0 Å². The van der Waals surface area contributed by atoms with Crippen LogP contribution in [-0.2, 0) is 9.57 Å². The van der Waals surface area contributed by atoms with E-state index in [1.54, 1.807) is 0 Å². The van der Waals surface area contributed by atoms with E-state index in [1.165, 1.54) is 135 Å². The van der Waals surface area contributed by atoms with Crippen molar-refractivity contribution in [2.75, 3.05) is 26.3 Å². The minimum absolute atomic E-state index is 0.0620. The maximum absolute atomic E-state index is 6.26. The fourth-order valence-electron chi connectivity index (χ4n) is 5.05. The Hall–Kier alpha value is -0.160. The fourth-order valence-corrected chi connectivity index (χ4v) is 5.05. The van der Waals surface area contributed by atoms with Crippen molar-refractivity contribution in [2.24, 2.45) is 5.73 Å². The maximum Gasteiger partial charge on any atom is 0.132 e. The predicted molar refractivity (Wildman–Crippen MR) is 164 cm³/mol. The van der Waals surface area contributed by atoms with Gasteiger partial charge in [-0.25, -0.2) is 0 Å². The fraction of sp³-hybridized carbons (Fsp3) is 1.00. The lowest BCUT2D eigenvalue weighted by Gasteiger charge is -2.30. The van der Waals surface area contributed by atoms with Crippen molar-refractivity contribution in [3.63, 3.8) is 0 Å². The molecule has 224 valence electrons. The van der Waals surface area contributed by atoms with E-state index in [2.05, 4.69) is 25.8 Å². The summed E-state index contributed by atoms with van der Waals surface area (Å²) in [4.78, 5) is 6.19. The first-order valence-electron chi connectivity index (χ1n) is 17.0. The van der Waals surface area contributed by atoms with E-state index >= 15 is 0 Å². The van der Waals surface area contributed by atoms with Crippen molar-refractivity contribution in [3.05, 3.63) is 0 Å². The molecular weight excluding hydrogens is 456 g/mol. The van der Waals surface area contributed by atoms with Crippen molar-refractivity contribution in [3.8, 4) is 0 Å². The van der Waals surface area contributed by atoms with Crippen LogP contribution in [-0.4, -0.2) is 37.6 Å². The van der Waals surface area contributed by atoms with Crippen LogP contribution in [0.1, 0.15) is 181 Å². The van der Waals surface area contributed by atoms with Crippen LogP contribution in [0.3, 0.4) is 0 Å². The molecule has 2 N–H and O–H groups in total. The molecule has 1 atom stereocenters. The van der Waals surface area contributed by atoms with Gasteiger partial charge in [-0.1, -0.05) is 156 Å². The Kier molecular flexibility index (Phi) is 31.9. The van der Waals surface area contributed by atoms with Crippen molar-refractivity contribution >= 4 is 0 Å². The highest BCUT2D eigenvalue weighted by molar-refractivity contribution is 4.56. The zero-order chi connectivity index (χ0) is 27.1. The first kappa shape index (κ1) is 36.8. The summed E-state index contributed by atoms with van der Waals surface area (Å²) in [5.74, 6) is 0. The molecule has 0 bridgehead atoms. The van der Waals surface area contributed by atoms with Gasteiger partial charge < -0.3 is 10.5 Å². The molecule has 0 saturated heterocycles. The highest BCUT2D eigenvalue weighted by atomic mass is 16.7. The van der Waals surface area contributed by atoms with Crippen LogP contribution in [0.5, 0.6) is 0 Å². The third kappa shape index (κ3) is 27.2. The molecule has 4 heteroatoms. The molecule has 0 heterocycles. The molecule has 37 heavy (non-hydrogen) atoms. The van der Waals surface area contributed by atoms with Crippen LogP contribution < -0.4 is 5.73 Å². The molecule has 0 aliphatic carbocycles. The van der Waals surface area contributed by atoms with Crippen LogP contribution in [0, 0.1) is 0 Å². The molecule has 0 aliphatic rings. The number of unbranched alkanes of at least 4 members (excludes halogenated alkanes) is 21. The van der Waals surface area contributed by atoms with Crippen LogP contribution in [0.4, 0.5) is 0 Å². The molecule has 0 amide bonds. The normalized spacial score (nSPS) is 12.6. The molecule has 0 aliphatic heterocycles. The van der Waals surface area contributed by atoms with Gasteiger partial charge in [-0.3, -0.25) is 4.84 Å². The molecule has 0 fully saturated rings. The zero-order valence-corrected chi connectivity index (χ0v) is 25.9. The van der Waals surface area contributed by atoms with Crippen LogP contribution in [0.2, 0.25) is 0 Å². The molecule has 4 nitrogen and oxygen atoms in total. The van der Waals surface area contributed by atoms with E-state index in [9.17, 15) is 0 Å². The second-order valence-electron chi connectivity index (χ2n) is 11.3. The van der Waals surface area contributed by atoms with E-state index in [4.69, 9.17) is 15.3 Å². The molecule has 0 aromatic rings. The lowest BCUT2D eigenvalue weighted by Crippen LogP contribution is -2.39. The number of ether oxygens (including phenoxy) is 1. The minimum Gasteiger partial charge on any atom is -0.361 e. The Morgan fingerprint density at radius 3 is 1.24 bits per heavy atom. The lowest BCUT2D eigenvalue weighted by atomic mass is 10.0. The third-order valence-electron chi connectivity index (χ3n) is 7.57. The second-order valence-corrected chi connectivity index (χ2v) is 11.3. The molecule has 0 rings (SSSR count). The maximum atomic E-state index is 6.26. The molecule has 0 radical (unpaired) electrons. The molecule has 0 aromatic heterocycles. The number of hydrogen-bond donors (Lipinski definition) is 1. The average Bonchev–Trinajstić information content (AvgIpc) is 2.91.